The molecule has 0 spiro atoms. The highest BCUT2D eigenvalue weighted by molar-refractivity contribution is 6.04. The Morgan fingerprint density at radius 1 is 0.688 bits per heavy atom. The van der Waals surface area contributed by atoms with Crippen LogP contribution in [0, 0.1) is 0 Å². The molecule has 0 aliphatic carbocycles. The number of nitrogens with one attached hydrogen (secondary N) is 2. The van der Waals surface area contributed by atoms with Gasteiger partial charge in [0, 0.05) is 16.9 Å². The van der Waals surface area contributed by atoms with Crippen molar-refractivity contribution in [3.8, 4) is 5.75 Å². The number of hydrogen-bond donors (Lipinski definition) is 2. The van der Waals surface area contributed by atoms with Crippen molar-refractivity contribution in [1.82, 2.24) is 0 Å². The SMILES string of the molecule is CC(C)(Oc1ccccc1)C(=O)Nc1ccc(NC(=O)c2ccc(C(C)(C)C)cc2)cc1. The van der Waals surface area contributed by atoms with Crippen LogP contribution in [-0.4, -0.2) is 17.4 Å². The number of benzene rings is 3. The fraction of sp³-hybridized carbons (Fsp3) is 0.259. The van der Waals surface area contributed by atoms with E-state index in [2.05, 4.69) is 31.4 Å². The van der Waals surface area contributed by atoms with Crippen molar-refractivity contribution >= 4 is 23.2 Å². The number of ether oxygens (including phenoxy) is 1. The lowest BCUT2D eigenvalue weighted by atomic mass is 9.87. The molecule has 0 saturated heterocycles. The second-order valence-corrected chi connectivity index (χ2v) is 9.24. The number of carbonyl (C=O) groups excluding carboxylic acids is 2. The minimum atomic E-state index is -1.05. The number of anilines is 2. The van der Waals surface area contributed by atoms with Gasteiger partial charge in [-0.15, -0.1) is 0 Å². The zero-order valence-corrected chi connectivity index (χ0v) is 19.2. The highest BCUT2D eigenvalue weighted by atomic mass is 16.5. The average molecular weight is 431 g/mol. The van der Waals surface area contributed by atoms with Gasteiger partial charge in [0.05, 0.1) is 0 Å². The van der Waals surface area contributed by atoms with Gasteiger partial charge in [-0.1, -0.05) is 51.1 Å². The first-order valence-corrected chi connectivity index (χ1v) is 10.6. The molecule has 166 valence electrons. The van der Waals surface area contributed by atoms with Crippen LogP contribution in [0.4, 0.5) is 11.4 Å². The van der Waals surface area contributed by atoms with E-state index in [1.54, 1.807) is 38.1 Å². The summed E-state index contributed by atoms with van der Waals surface area (Å²) in [5.41, 5.74) is 2.02. The third-order valence-electron chi connectivity index (χ3n) is 5.08. The molecule has 0 atom stereocenters. The molecule has 32 heavy (non-hydrogen) atoms. The van der Waals surface area contributed by atoms with Crippen molar-refractivity contribution in [3.63, 3.8) is 0 Å². The Morgan fingerprint density at radius 2 is 1.22 bits per heavy atom. The van der Waals surface area contributed by atoms with Crippen LogP contribution in [0.15, 0.2) is 78.9 Å². The highest BCUT2D eigenvalue weighted by Crippen LogP contribution is 2.23. The molecular weight excluding hydrogens is 400 g/mol. The van der Waals surface area contributed by atoms with Gasteiger partial charge in [-0.25, -0.2) is 0 Å². The van der Waals surface area contributed by atoms with Gasteiger partial charge in [0.2, 0.25) is 0 Å². The third-order valence-corrected chi connectivity index (χ3v) is 5.08. The number of amides is 2. The second-order valence-electron chi connectivity index (χ2n) is 9.24. The minimum Gasteiger partial charge on any atom is -0.478 e. The van der Waals surface area contributed by atoms with E-state index < -0.39 is 5.60 Å². The summed E-state index contributed by atoms with van der Waals surface area (Å²) in [6, 6.07) is 23.8. The highest BCUT2D eigenvalue weighted by Gasteiger charge is 2.30. The minimum absolute atomic E-state index is 0.0377. The maximum atomic E-state index is 12.7. The molecule has 0 aliphatic rings. The summed E-state index contributed by atoms with van der Waals surface area (Å²) >= 11 is 0. The summed E-state index contributed by atoms with van der Waals surface area (Å²) < 4.78 is 5.82. The standard InChI is InChI=1S/C27H30N2O3/c1-26(2,3)20-13-11-19(12-14-20)24(30)28-21-15-17-22(18-16-21)29-25(31)27(4,5)32-23-9-7-6-8-10-23/h6-18H,1-5H3,(H,28,30)(H,29,31). The maximum absolute atomic E-state index is 12.7. The van der Waals surface area contributed by atoms with Crippen molar-refractivity contribution in [2.24, 2.45) is 0 Å². The van der Waals surface area contributed by atoms with E-state index in [1.165, 1.54) is 5.56 Å². The lowest BCUT2D eigenvalue weighted by Crippen LogP contribution is -2.42. The molecular formula is C27H30N2O3. The van der Waals surface area contributed by atoms with Crippen molar-refractivity contribution in [2.45, 2.75) is 45.6 Å². The lowest BCUT2D eigenvalue weighted by Gasteiger charge is -2.25. The van der Waals surface area contributed by atoms with E-state index in [1.807, 2.05) is 54.6 Å². The molecule has 2 amide bonds. The van der Waals surface area contributed by atoms with Gasteiger partial charge in [0.25, 0.3) is 11.8 Å². The van der Waals surface area contributed by atoms with Gasteiger partial charge in [-0.3, -0.25) is 9.59 Å². The summed E-state index contributed by atoms with van der Waals surface area (Å²) in [6.45, 7) is 9.84. The van der Waals surface area contributed by atoms with E-state index in [4.69, 9.17) is 4.74 Å². The van der Waals surface area contributed by atoms with Crippen molar-refractivity contribution in [1.29, 1.82) is 0 Å². The number of para-hydroxylation sites is 1. The van der Waals surface area contributed by atoms with Crippen LogP contribution >= 0.6 is 0 Å². The third kappa shape index (κ3) is 5.97. The van der Waals surface area contributed by atoms with Crippen LogP contribution in [0.1, 0.15) is 50.5 Å². The van der Waals surface area contributed by atoms with Crippen LogP contribution in [-0.2, 0) is 10.2 Å². The fourth-order valence-electron chi connectivity index (χ4n) is 3.07. The number of carbonyl (C=O) groups is 2. The predicted molar refractivity (Wildman–Crippen MR) is 129 cm³/mol. The van der Waals surface area contributed by atoms with Gasteiger partial charge in [-0.05, 0) is 73.4 Å². The van der Waals surface area contributed by atoms with Gasteiger partial charge < -0.3 is 15.4 Å². The van der Waals surface area contributed by atoms with Crippen LogP contribution in [0.3, 0.4) is 0 Å². The molecule has 0 fully saturated rings. The normalized spacial score (nSPS) is 11.5. The Morgan fingerprint density at radius 3 is 1.75 bits per heavy atom. The molecule has 0 heterocycles. The summed E-state index contributed by atoms with van der Waals surface area (Å²) in [5.74, 6) is 0.179. The molecule has 3 aromatic carbocycles. The van der Waals surface area contributed by atoms with Gasteiger partial charge in [-0.2, -0.15) is 0 Å². The Labute approximate surface area is 189 Å². The quantitative estimate of drug-likeness (QED) is 0.501. The Balaban J connectivity index is 1.59. The van der Waals surface area contributed by atoms with Gasteiger partial charge in [0.15, 0.2) is 5.60 Å². The van der Waals surface area contributed by atoms with Crippen molar-refractivity contribution < 1.29 is 14.3 Å². The van der Waals surface area contributed by atoms with Crippen LogP contribution in [0.25, 0.3) is 0 Å². The summed E-state index contributed by atoms with van der Waals surface area (Å²) in [7, 11) is 0. The molecule has 5 heteroatoms. The molecule has 0 bridgehead atoms. The zero-order valence-electron chi connectivity index (χ0n) is 19.2. The van der Waals surface area contributed by atoms with Crippen LogP contribution < -0.4 is 15.4 Å². The first-order valence-electron chi connectivity index (χ1n) is 10.6. The molecule has 0 aromatic heterocycles. The second kappa shape index (κ2) is 9.27. The molecule has 2 N–H and O–H groups in total. The van der Waals surface area contributed by atoms with Crippen molar-refractivity contribution in [3.05, 3.63) is 90.0 Å². The average Bonchev–Trinajstić information content (AvgIpc) is 2.75. The smallest absolute Gasteiger partial charge is 0.267 e. The molecule has 0 unspecified atom stereocenters. The van der Waals surface area contributed by atoms with Gasteiger partial charge in [0.1, 0.15) is 5.75 Å². The van der Waals surface area contributed by atoms with E-state index in [0.29, 0.717) is 22.7 Å². The first kappa shape index (κ1) is 23.1. The van der Waals surface area contributed by atoms with Crippen molar-refractivity contribution in [2.75, 3.05) is 10.6 Å². The number of rotatable bonds is 6. The molecule has 5 nitrogen and oxygen atoms in total. The molecule has 0 radical (unpaired) electrons. The van der Waals surface area contributed by atoms with E-state index in [9.17, 15) is 9.59 Å². The Kier molecular flexibility index (Phi) is 6.68. The molecule has 3 rings (SSSR count). The summed E-state index contributed by atoms with van der Waals surface area (Å²) in [6.07, 6.45) is 0. The topological polar surface area (TPSA) is 67.4 Å². The number of hydrogen-bond acceptors (Lipinski definition) is 3. The lowest BCUT2D eigenvalue weighted by molar-refractivity contribution is -0.128. The van der Waals surface area contributed by atoms with E-state index >= 15 is 0 Å². The fourth-order valence-corrected chi connectivity index (χ4v) is 3.07. The molecule has 0 aliphatic heterocycles. The Bertz CT molecular complexity index is 1060. The van der Waals surface area contributed by atoms with Crippen LogP contribution in [0.5, 0.6) is 5.75 Å². The summed E-state index contributed by atoms with van der Waals surface area (Å²) in [4.78, 5) is 25.2. The summed E-state index contributed by atoms with van der Waals surface area (Å²) in [5, 5.41) is 5.74. The molecule has 3 aromatic rings. The Hall–Kier alpha value is -3.60. The van der Waals surface area contributed by atoms with Crippen LogP contribution in [0.2, 0.25) is 0 Å². The molecule has 0 saturated carbocycles. The largest absolute Gasteiger partial charge is 0.478 e. The van der Waals surface area contributed by atoms with E-state index in [-0.39, 0.29) is 17.2 Å². The maximum Gasteiger partial charge on any atom is 0.267 e. The monoisotopic (exact) mass is 430 g/mol. The van der Waals surface area contributed by atoms with Gasteiger partial charge >= 0.3 is 0 Å². The first-order chi connectivity index (χ1) is 15.0. The van der Waals surface area contributed by atoms with E-state index in [0.717, 1.165) is 0 Å². The predicted octanol–water partition coefficient (Wildman–Crippen LogP) is 6.03. The zero-order chi connectivity index (χ0) is 23.4.